The van der Waals surface area contributed by atoms with Crippen molar-refractivity contribution in [2.45, 2.75) is 0 Å². The van der Waals surface area contributed by atoms with Crippen LogP contribution in [-0.4, -0.2) is 21.8 Å². The molecule has 0 bridgehead atoms. The number of hydrogen-bond acceptors (Lipinski definition) is 4. The van der Waals surface area contributed by atoms with E-state index in [9.17, 15) is 19.8 Å². The van der Waals surface area contributed by atoms with E-state index in [0.717, 1.165) is 16.8 Å². The second kappa shape index (κ2) is 4.18. The Morgan fingerprint density at radius 3 is 2.18 bits per heavy atom. The molecule has 0 saturated heterocycles. The van der Waals surface area contributed by atoms with Crippen molar-refractivity contribution < 1.29 is 19.8 Å². The van der Waals surface area contributed by atoms with Gasteiger partial charge >= 0.3 is 0 Å². The first-order valence-electron chi connectivity index (χ1n) is 6.74. The van der Waals surface area contributed by atoms with Crippen LogP contribution in [0.25, 0.3) is 27.6 Å². The molecule has 0 atom stereocenters. The van der Waals surface area contributed by atoms with Gasteiger partial charge in [0.1, 0.15) is 5.75 Å². The first-order valence-corrected chi connectivity index (χ1v) is 6.74. The number of fused-ring (bicyclic) bond motifs is 3. The maximum absolute atomic E-state index is 12.0. The number of phenols is 1. The molecule has 0 aromatic heterocycles. The first-order chi connectivity index (χ1) is 10.6. The molecule has 1 aliphatic carbocycles. The van der Waals surface area contributed by atoms with Crippen LogP contribution in [0.4, 0.5) is 0 Å². The number of aliphatic hydroxyl groups excluding tert-OH is 1. The van der Waals surface area contributed by atoms with Crippen LogP contribution in [0.1, 0.15) is 15.9 Å². The van der Waals surface area contributed by atoms with E-state index in [1.807, 2.05) is 36.4 Å². The van der Waals surface area contributed by atoms with Crippen LogP contribution in [0.5, 0.6) is 5.75 Å². The fraction of sp³-hybridized carbons (Fsp3) is 0. The molecule has 0 aliphatic heterocycles. The standard InChI is InChI=1S/C18H10O4/c19-15-8-14-13(17(21)18(15)22)7-11-5-9-3-1-2-4-10(9)6-12(11)16(14)20/h1-8,19-20H. The van der Waals surface area contributed by atoms with Gasteiger partial charge in [0.25, 0.3) is 5.78 Å². The summed E-state index contributed by atoms with van der Waals surface area (Å²) in [5.41, 5.74) is 0.299. The van der Waals surface area contributed by atoms with Crippen molar-refractivity contribution in [1.29, 1.82) is 0 Å². The van der Waals surface area contributed by atoms with Crippen molar-refractivity contribution in [2.24, 2.45) is 0 Å². The van der Waals surface area contributed by atoms with Crippen LogP contribution in [-0.2, 0) is 4.79 Å². The fourth-order valence-corrected chi connectivity index (χ4v) is 2.86. The molecule has 0 radical (unpaired) electrons. The number of carbonyl (C=O) groups is 2. The van der Waals surface area contributed by atoms with Gasteiger partial charge in [0.05, 0.1) is 0 Å². The predicted molar refractivity (Wildman–Crippen MR) is 83.1 cm³/mol. The summed E-state index contributed by atoms with van der Waals surface area (Å²) < 4.78 is 0. The molecule has 0 amide bonds. The average Bonchev–Trinajstić information content (AvgIpc) is 2.53. The number of ketones is 2. The summed E-state index contributed by atoms with van der Waals surface area (Å²) in [7, 11) is 0. The minimum atomic E-state index is -0.952. The normalized spacial score (nSPS) is 14.3. The molecular weight excluding hydrogens is 280 g/mol. The molecule has 0 fully saturated rings. The lowest BCUT2D eigenvalue weighted by Gasteiger charge is -2.15. The zero-order valence-electron chi connectivity index (χ0n) is 11.3. The van der Waals surface area contributed by atoms with Crippen LogP contribution in [0.3, 0.4) is 0 Å². The smallest absolute Gasteiger partial charge is 0.267 e. The SMILES string of the molecule is O=C1C(=O)c2cc3cc4ccccc4cc3c(O)c2C=C1O. The number of aliphatic hydroxyl groups is 1. The minimum Gasteiger partial charge on any atom is -0.507 e. The van der Waals surface area contributed by atoms with Crippen molar-refractivity contribution in [3.05, 3.63) is 59.4 Å². The van der Waals surface area contributed by atoms with E-state index < -0.39 is 17.3 Å². The van der Waals surface area contributed by atoms with E-state index in [-0.39, 0.29) is 16.9 Å². The molecule has 4 heteroatoms. The lowest BCUT2D eigenvalue weighted by Crippen LogP contribution is -2.21. The van der Waals surface area contributed by atoms with E-state index in [0.29, 0.717) is 10.8 Å². The molecule has 4 rings (SSSR count). The molecule has 4 nitrogen and oxygen atoms in total. The van der Waals surface area contributed by atoms with Crippen molar-refractivity contribution >= 4 is 39.2 Å². The summed E-state index contributed by atoms with van der Waals surface area (Å²) in [5.74, 6) is -2.51. The minimum absolute atomic E-state index is 0.106. The Hall–Kier alpha value is -3.14. The number of Topliss-reactive ketones (excluding diaryl/α,β-unsaturated/α-hetero) is 2. The zero-order valence-corrected chi connectivity index (χ0v) is 11.3. The number of carbonyl (C=O) groups excluding carboxylic acids is 2. The monoisotopic (exact) mass is 290 g/mol. The highest BCUT2D eigenvalue weighted by Gasteiger charge is 2.30. The number of phenolic OH excluding ortho intramolecular Hbond substituents is 1. The van der Waals surface area contributed by atoms with Gasteiger partial charge < -0.3 is 10.2 Å². The molecule has 0 unspecified atom stereocenters. The molecule has 1 aliphatic rings. The van der Waals surface area contributed by atoms with Crippen LogP contribution < -0.4 is 0 Å². The second-order valence-electron chi connectivity index (χ2n) is 5.29. The van der Waals surface area contributed by atoms with Crippen molar-refractivity contribution in [3.63, 3.8) is 0 Å². The lowest BCUT2D eigenvalue weighted by molar-refractivity contribution is -0.114. The number of rotatable bonds is 0. The first kappa shape index (κ1) is 12.6. The Kier molecular flexibility index (Phi) is 2.39. The summed E-state index contributed by atoms with van der Waals surface area (Å²) in [5, 5.41) is 23.2. The maximum Gasteiger partial charge on any atom is 0.267 e. The fourth-order valence-electron chi connectivity index (χ4n) is 2.86. The molecule has 0 spiro atoms. The zero-order chi connectivity index (χ0) is 15.4. The lowest BCUT2D eigenvalue weighted by atomic mass is 9.89. The molecule has 0 saturated carbocycles. The number of benzene rings is 3. The summed E-state index contributed by atoms with van der Waals surface area (Å²) >= 11 is 0. The van der Waals surface area contributed by atoms with Crippen LogP contribution in [0.15, 0.2) is 48.2 Å². The Morgan fingerprint density at radius 1 is 0.773 bits per heavy atom. The van der Waals surface area contributed by atoms with E-state index in [2.05, 4.69) is 0 Å². The van der Waals surface area contributed by atoms with E-state index in [1.54, 1.807) is 6.07 Å². The molecule has 22 heavy (non-hydrogen) atoms. The second-order valence-corrected chi connectivity index (χ2v) is 5.29. The molecule has 3 aromatic rings. The topological polar surface area (TPSA) is 74.6 Å². The summed E-state index contributed by atoms with van der Waals surface area (Å²) in [6.45, 7) is 0. The largest absolute Gasteiger partial charge is 0.507 e. The van der Waals surface area contributed by atoms with Gasteiger partial charge in [-0.1, -0.05) is 24.3 Å². The van der Waals surface area contributed by atoms with Gasteiger partial charge in [0.15, 0.2) is 5.76 Å². The Morgan fingerprint density at radius 2 is 1.45 bits per heavy atom. The quantitative estimate of drug-likeness (QED) is 0.492. The van der Waals surface area contributed by atoms with Crippen molar-refractivity contribution in [2.75, 3.05) is 0 Å². The van der Waals surface area contributed by atoms with Crippen LogP contribution >= 0.6 is 0 Å². The van der Waals surface area contributed by atoms with Gasteiger partial charge in [0.2, 0.25) is 5.78 Å². The van der Waals surface area contributed by atoms with Gasteiger partial charge in [-0.15, -0.1) is 0 Å². The third-order valence-electron chi connectivity index (χ3n) is 3.98. The average molecular weight is 290 g/mol. The summed E-state index contributed by atoms with van der Waals surface area (Å²) in [6, 6.07) is 12.9. The summed E-state index contributed by atoms with van der Waals surface area (Å²) in [4.78, 5) is 23.6. The highest BCUT2D eigenvalue weighted by molar-refractivity contribution is 6.51. The van der Waals surface area contributed by atoms with Crippen molar-refractivity contribution in [3.8, 4) is 5.75 Å². The number of hydrogen-bond donors (Lipinski definition) is 2. The van der Waals surface area contributed by atoms with Gasteiger partial charge in [0, 0.05) is 16.5 Å². The highest BCUT2D eigenvalue weighted by Crippen LogP contribution is 2.37. The molecule has 2 N–H and O–H groups in total. The predicted octanol–water partition coefficient (Wildman–Crippen LogP) is 3.36. The molecule has 3 aromatic carbocycles. The van der Waals surface area contributed by atoms with E-state index in [1.165, 1.54) is 0 Å². The van der Waals surface area contributed by atoms with Gasteiger partial charge in [-0.05, 0) is 40.4 Å². The van der Waals surface area contributed by atoms with Gasteiger partial charge in [-0.25, -0.2) is 0 Å². The van der Waals surface area contributed by atoms with E-state index in [4.69, 9.17) is 0 Å². The molecule has 106 valence electrons. The Bertz CT molecular complexity index is 1030. The van der Waals surface area contributed by atoms with Crippen LogP contribution in [0, 0.1) is 0 Å². The molecule has 0 heterocycles. The number of allylic oxidation sites excluding steroid dienone is 1. The maximum atomic E-state index is 12.0. The third-order valence-corrected chi connectivity index (χ3v) is 3.98. The van der Waals surface area contributed by atoms with Gasteiger partial charge in [-0.3, -0.25) is 9.59 Å². The third kappa shape index (κ3) is 1.58. The highest BCUT2D eigenvalue weighted by atomic mass is 16.3. The van der Waals surface area contributed by atoms with E-state index >= 15 is 0 Å². The Labute approximate surface area is 124 Å². The van der Waals surface area contributed by atoms with Gasteiger partial charge in [-0.2, -0.15) is 0 Å². The summed E-state index contributed by atoms with van der Waals surface area (Å²) in [6.07, 6.45) is 1.14. The van der Waals surface area contributed by atoms with Crippen molar-refractivity contribution in [1.82, 2.24) is 0 Å². The number of aromatic hydroxyl groups is 1. The van der Waals surface area contributed by atoms with Crippen LogP contribution in [0.2, 0.25) is 0 Å². The Balaban J connectivity index is 2.16. The molecular formula is C18H10O4.